The van der Waals surface area contributed by atoms with Gasteiger partial charge in [-0.05, 0) is 31.0 Å². The van der Waals surface area contributed by atoms with Crippen molar-refractivity contribution < 1.29 is 4.39 Å². The smallest absolute Gasteiger partial charge is 0.148 e. The fourth-order valence-electron chi connectivity index (χ4n) is 2.50. The van der Waals surface area contributed by atoms with Crippen LogP contribution in [0, 0.1) is 11.7 Å². The van der Waals surface area contributed by atoms with Crippen LogP contribution in [0.4, 0.5) is 15.8 Å². The first-order valence-electron chi connectivity index (χ1n) is 7.09. The van der Waals surface area contributed by atoms with E-state index in [1.807, 2.05) is 0 Å². The van der Waals surface area contributed by atoms with Gasteiger partial charge in [-0.15, -0.1) is 0 Å². The van der Waals surface area contributed by atoms with Gasteiger partial charge in [-0.2, -0.15) is 0 Å². The minimum Gasteiger partial charge on any atom is -0.397 e. The summed E-state index contributed by atoms with van der Waals surface area (Å²) in [6.45, 7) is 9.30. The Labute approximate surface area is 115 Å². The second-order valence-electron chi connectivity index (χ2n) is 5.69. The first kappa shape index (κ1) is 14.1. The van der Waals surface area contributed by atoms with Crippen LogP contribution in [0.25, 0.3) is 0 Å². The van der Waals surface area contributed by atoms with Gasteiger partial charge >= 0.3 is 0 Å². The Morgan fingerprint density at radius 1 is 1.21 bits per heavy atom. The monoisotopic (exact) mass is 265 g/mol. The Morgan fingerprint density at radius 3 is 2.47 bits per heavy atom. The summed E-state index contributed by atoms with van der Waals surface area (Å²) in [6.07, 6.45) is 1.22. The lowest BCUT2D eigenvalue weighted by Gasteiger charge is -2.36. The van der Waals surface area contributed by atoms with Crippen molar-refractivity contribution in [2.24, 2.45) is 5.92 Å². The summed E-state index contributed by atoms with van der Waals surface area (Å²) in [4.78, 5) is 4.52. The lowest BCUT2D eigenvalue weighted by Crippen LogP contribution is -2.47. The van der Waals surface area contributed by atoms with Crippen LogP contribution in [0.5, 0.6) is 0 Å². The molecule has 3 nitrogen and oxygen atoms in total. The molecular weight excluding hydrogens is 241 g/mol. The zero-order chi connectivity index (χ0) is 13.8. The minimum absolute atomic E-state index is 0.212. The Balaban J connectivity index is 1.93. The first-order valence-corrected chi connectivity index (χ1v) is 7.09. The Bertz CT molecular complexity index is 392. The fraction of sp³-hybridized carbons (Fsp3) is 0.600. The molecule has 1 aliphatic rings. The zero-order valence-corrected chi connectivity index (χ0v) is 11.9. The lowest BCUT2D eigenvalue weighted by atomic mass is 10.1. The molecule has 0 atom stereocenters. The molecule has 0 spiro atoms. The SMILES string of the molecule is CC(C)CCN1CCN(c2c(N)cccc2F)CC1. The molecule has 1 aliphatic heterocycles. The number of hydrogen-bond acceptors (Lipinski definition) is 3. The number of rotatable bonds is 4. The topological polar surface area (TPSA) is 32.5 Å². The van der Waals surface area contributed by atoms with E-state index in [1.54, 1.807) is 12.1 Å². The van der Waals surface area contributed by atoms with Crippen LogP contribution in [-0.2, 0) is 0 Å². The number of para-hydroxylation sites is 1. The molecule has 0 saturated carbocycles. The molecule has 0 unspecified atom stereocenters. The average molecular weight is 265 g/mol. The van der Waals surface area contributed by atoms with Crippen LogP contribution in [0.15, 0.2) is 18.2 Å². The number of anilines is 2. The molecule has 106 valence electrons. The maximum absolute atomic E-state index is 13.9. The highest BCUT2D eigenvalue weighted by Crippen LogP contribution is 2.27. The lowest BCUT2D eigenvalue weighted by molar-refractivity contribution is 0.243. The van der Waals surface area contributed by atoms with Gasteiger partial charge < -0.3 is 10.6 Å². The first-order chi connectivity index (χ1) is 9.08. The molecule has 4 heteroatoms. The highest BCUT2D eigenvalue weighted by molar-refractivity contribution is 5.68. The van der Waals surface area contributed by atoms with Crippen molar-refractivity contribution in [3.8, 4) is 0 Å². The number of nitrogens with two attached hydrogens (primary N) is 1. The molecule has 2 rings (SSSR count). The third-order valence-corrected chi connectivity index (χ3v) is 3.73. The van der Waals surface area contributed by atoms with Crippen molar-refractivity contribution >= 4 is 11.4 Å². The van der Waals surface area contributed by atoms with Crippen LogP contribution in [0.2, 0.25) is 0 Å². The molecule has 19 heavy (non-hydrogen) atoms. The number of nitrogens with zero attached hydrogens (tertiary/aromatic N) is 2. The summed E-state index contributed by atoms with van der Waals surface area (Å²) in [6, 6.07) is 4.91. The van der Waals surface area contributed by atoms with E-state index in [9.17, 15) is 4.39 Å². The van der Waals surface area contributed by atoms with Gasteiger partial charge in [-0.1, -0.05) is 19.9 Å². The van der Waals surface area contributed by atoms with E-state index in [-0.39, 0.29) is 5.82 Å². The Hall–Kier alpha value is -1.29. The van der Waals surface area contributed by atoms with E-state index >= 15 is 0 Å². The highest BCUT2D eigenvalue weighted by atomic mass is 19.1. The van der Waals surface area contributed by atoms with Gasteiger partial charge in [-0.3, -0.25) is 4.90 Å². The Kier molecular flexibility index (Phi) is 4.64. The molecule has 0 radical (unpaired) electrons. The molecule has 1 heterocycles. The van der Waals surface area contributed by atoms with Gasteiger partial charge in [0.2, 0.25) is 0 Å². The molecule has 0 bridgehead atoms. The van der Waals surface area contributed by atoms with Crippen molar-refractivity contribution in [2.45, 2.75) is 20.3 Å². The molecule has 0 aliphatic carbocycles. The molecule has 1 aromatic carbocycles. The van der Waals surface area contributed by atoms with Gasteiger partial charge in [-0.25, -0.2) is 4.39 Å². The summed E-state index contributed by atoms with van der Waals surface area (Å²) in [5.41, 5.74) is 7.00. The van der Waals surface area contributed by atoms with Crippen molar-refractivity contribution in [3.63, 3.8) is 0 Å². The Morgan fingerprint density at radius 2 is 1.89 bits per heavy atom. The van der Waals surface area contributed by atoms with Gasteiger partial charge in [0, 0.05) is 26.2 Å². The van der Waals surface area contributed by atoms with Crippen molar-refractivity contribution in [3.05, 3.63) is 24.0 Å². The predicted octanol–water partition coefficient (Wildman–Crippen LogP) is 2.58. The fourth-order valence-corrected chi connectivity index (χ4v) is 2.50. The van der Waals surface area contributed by atoms with E-state index in [0.29, 0.717) is 11.4 Å². The predicted molar refractivity (Wildman–Crippen MR) is 78.9 cm³/mol. The van der Waals surface area contributed by atoms with Crippen LogP contribution < -0.4 is 10.6 Å². The molecule has 1 saturated heterocycles. The summed E-state index contributed by atoms with van der Waals surface area (Å²) in [7, 11) is 0. The zero-order valence-electron chi connectivity index (χ0n) is 11.9. The molecule has 0 aromatic heterocycles. The number of piperazine rings is 1. The van der Waals surface area contributed by atoms with E-state index in [0.717, 1.165) is 38.6 Å². The largest absolute Gasteiger partial charge is 0.397 e. The van der Waals surface area contributed by atoms with Gasteiger partial charge in [0.05, 0.1) is 11.4 Å². The van der Waals surface area contributed by atoms with E-state index in [2.05, 4.69) is 23.6 Å². The minimum atomic E-state index is -0.212. The van der Waals surface area contributed by atoms with Crippen molar-refractivity contribution in [1.29, 1.82) is 0 Å². The standard InChI is InChI=1S/C15H24FN3/c1-12(2)6-7-18-8-10-19(11-9-18)15-13(16)4-3-5-14(15)17/h3-5,12H,6-11,17H2,1-2H3. The van der Waals surface area contributed by atoms with E-state index < -0.39 is 0 Å². The van der Waals surface area contributed by atoms with Crippen LogP contribution in [0.1, 0.15) is 20.3 Å². The summed E-state index contributed by atoms with van der Waals surface area (Å²) >= 11 is 0. The van der Waals surface area contributed by atoms with E-state index in [4.69, 9.17) is 5.73 Å². The van der Waals surface area contributed by atoms with Gasteiger partial charge in [0.15, 0.2) is 0 Å². The van der Waals surface area contributed by atoms with Crippen molar-refractivity contribution in [2.75, 3.05) is 43.4 Å². The normalized spacial score (nSPS) is 17.2. The van der Waals surface area contributed by atoms with E-state index in [1.165, 1.54) is 12.5 Å². The number of benzene rings is 1. The quantitative estimate of drug-likeness (QED) is 0.849. The van der Waals surface area contributed by atoms with Crippen molar-refractivity contribution in [1.82, 2.24) is 4.90 Å². The molecule has 1 aromatic rings. The van der Waals surface area contributed by atoms with Crippen LogP contribution in [0.3, 0.4) is 0 Å². The second kappa shape index (κ2) is 6.24. The summed E-state index contributed by atoms with van der Waals surface area (Å²) in [5.74, 6) is 0.524. The highest BCUT2D eigenvalue weighted by Gasteiger charge is 2.20. The molecule has 0 amide bonds. The van der Waals surface area contributed by atoms with Crippen LogP contribution in [-0.4, -0.2) is 37.6 Å². The maximum Gasteiger partial charge on any atom is 0.148 e. The molecule has 1 fully saturated rings. The number of halogens is 1. The molecule has 2 N–H and O–H groups in total. The summed E-state index contributed by atoms with van der Waals surface area (Å²) in [5, 5.41) is 0. The average Bonchev–Trinajstić information content (AvgIpc) is 2.37. The maximum atomic E-state index is 13.9. The van der Waals surface area contributed by atoms with Gasteiger partial charge in [0.25, 0.3) is 0 Å². The second-order valence-corrected chi connectivity index (χ2v) is 5.69. The van der Waals surface area contributed by atoms with Crippen LogP contribution >= 0.6 is 0 Å². The van der Waals surface area contributed by atoms with Gasteiger partial charge in [0.1, 0.15) is 5.82 Å². The number of hydrogen-bond donors (Lipinski definition) is 1. The third-order valence-electron chi connectivity index (χ3n) is 3.73. The summed E-state index contributed by atoms with van der Waals surface area (Å²) < 4.78 is 13.9. The molecular formula is C15H24FN3. The third kappa shape index (κ3) is 3.60. The number of nitrogen functional groups attached to an aromatic ring is 1.